The van der Waals surface area contributed by atoms with Crippen molar-refractivity contribution in [3.05, 3.63) is 35.9 Å². The largest absolute Gasteiger partial charge is 0.308 e. The Bertz CT molecular complexity index is 496. The van der Waals surface area contributed by atoms with E-state index in [9.17, 15) is 0 Å². The van der Waals surface area contributed by atoms with Crippen molar-refractivity contribution in [3.8, 4) is 0 Å². The van der Waals surface area contributed by atoms with Crippen molar-refractivity contribution in [2.24, 2.45) is 17.8 Å². The van der Waals surface area contributed by atoms with Crippen LogP contribution in [0.3, 0.4) is 0 Å². The summed E-state index contributed by atoms with van der Waals surface area (Å²) in [6.45, 7) is 8.49. The van der Waals surface area contributed by atoms with Crippen LogP contribution in [0, 0.1) is 17.8 Å². The highest BCUT2D eigenvalue weighted by molar-refractivity contribution is 5.21. The normalized spacial score (nSPS) is 40.2. The first-order chi connectivity index (χ1) is 10.2. The second-order valence-electron chi connectivity index (χ2n) is 7.90. The van der Waals surface area contributed by atoms with Gasteiger partial charge in [0.2, 0.25) is 0 Å². The van der Waals surface area contributed by atoms with E-state index in [1.165, 1.54) is 37.9 Å². The van der Waals surface area contributed by atoms with Gasteiger partial charge in [0, 0.05) is 31.2 Å². The SMILES string of the molecule is CC1CC1CN1CC(C)(C2CC2)NCC1c1ccccc1. The third-order valence-corrected chi connectivity index (χ3v) is 6.08. The van der Waals surface area contributed by atoms with Crippen molar-refractivity contribution in [1.29, 1.82) is 0 Å². The zero-order valence-electron chi connectivity index (χ0n) is 13.4. The van der Waals surface area contributed by atoms with E-state index in [1.807, 2.05) is 0 Å². The van der Waals surface area contributed by atoms with Crippen LogP contribution in [0.1, 0.15) is 44.7 Å². The van der Waals surface area contributed by atoms with E-state index in [1.54, 1.807) is 0 Å². The first-order valence-electron chi connectivity index (χ1n) is 8.70. The number of hydrogen-bond donors (Lipinski definition) is 1. The van der Waals surface area contributed by atoms with Gasteiger partial charge in [-0.25, -0.2) is 0 Å². The fourth-order valence-electron chi connectivity index (χ4n) is 4.19. The Labute approximate surface area is 128 Å². The summed E-state index contributed by atoms with van der Waals surface area (Å²) in [5.41, 5.74) is 1.83. The molecular weight excluding hydrogens is 256 g/mol. The lowest BCUT2D eigenvalue weighted by Crippen LogP contribution is -2.61. The lowest BCUT2D eigenvalue weighted by molar-refractivity contribution is 0.0694. The summed E-state index contributed by atoms with van der Waals surface area (Å²) >= 11 is 0. The number of nitrogens with one attached hydrogen (secondary N) is 1. The maximum Gasteiger partial charge on any atom is 0.0473 e. The lowest BCUT2D eigenvalue weighted by atomic mass is 9.89. The molecule has 0 spiro atoms. The maximum absolute atomic E-state index is 3.90. The molecule has 1 saturated heterocycles. The highest BCUT2D eigenvalue weighted by atomic mass is 15.3. The maximum atomic E-state index is 3.90. The van der Waals surface area contributed by atoms with Gasteiger partial charge in [0.25, 0.3) is 0 Å². The lowest BCUT2D eigenvalue weighted by Gasteiger charge is -2.47. The number of hydrogen-bond acceptors (Lipinski definition) is 2. The van der Waals surface area contributed by atoms with Crippen molar-refractivity contribution >= 4 is 0 Å². The zero-order valence-corrected chi connectivity index (χ0v) is 13.4. The molecule has 4 atom stereocenters. The molecule has 1 aromatic rings. The van der Waals surface area contributed by atoms with Crippen LogP contribution < -0.4 is 5.32 Å². The van der Waals surface area contributed by atoms with E-state index in [0.717, 1.165) is 24.3 Å². The molecule has 2 aliphatic carbocycles. The molecule has 3 fully saturated rings. The van der Waals surface area contributed by atoms with Crippen LogP contribution in [-0.4, -0.2) is 30.1 Å². The summed E-state index contributed by atoms with van der Waals surface area (Å²) < 4.78 is 0. The molecule has 2 heteroatoms. The zero-order chi connectivity index (χ0) is 14.4. The Morgan fingerprint density at radius 1 is 1.24 bits per heavy atom. The molecule has 1 aliphatic heterocycles. The predicted octanol–water partition coefficient (Wildman–Crippen LogP) is 3.46. The Balaban J connectivity index is 1.54. The van der Waals surface area contributed by atoms with E-state index in [0.29, 0.717) is 11.6 Å². The molecule has 114 valence electrons. The van der Waals surface area contributed by atoms with Crippen LogP contribution in [0.15, 0.2) is 30.3 Å². The molecule has 0 bridgehead atoms. The number of piperazine rings is 1. The van der Waals surface area contributed by atoms with Crippen molar-refractivity contribution in [2.75, 3.05) is 19.6 Å². The van der Waals surface area contributed by atoms with Gasteiger partial charge in [0.15, 0.2) is 0 Å². The fourth-order valence-corrected chi connectivity index (χ4v) is 4.19. The molecule has 1 heterocycles. The molecule has 4 unspecified atom stereocenters. The Hall–Kier alpha value is -0.860. The average Bonchev–Trinajstić information content (AvgIpc) is 3.38. The quantitative estimate of drug-likeness (QED) is 0.911. The number of rotatable bonds is 4. The van der Waals surface area contributed by atoms with Crippen LogP contribution in [0.25, 0.3) is 0 Å². The molecule has 0 radical (unpaired) electrons. The summed E-state index contributed by atoms with van der Waals surface area (Å²) in [6, 6.07) is 11.7. The van der Waals surface area contributed by atoms with Crippen LogP contribution in [-0.2, 0) is 0 Å². The Kier molecular flexibility index (Phi) is 3.35. The van der Waals surface area contributed by atoms with Gasteiger partial charge in [0.1, 0.15) is 0 Å². The minimum absolute atomic E-state index is 0.351. The fraction of sp³-hybridized carbons (Fsp3) is 0.684. The van der Waals surface area contributed by atoms with Crippen molar-refractivity contribution in [3.63, 3.8) is 0 Å². The smallest absolute Gasteiger partial charge is 0.0473 e. The van der Waals surface area contributed by atoms with Gasteiger partial charge in [0.05, 0.1) is 0 Å². The summed E-state index contributed by atoms with van der Waals surface area (Å²) in [6.07, 6.45) is 4.28. The average molecular weight is 284 g/mol. The molecule has 0 amide bonds. The van der Waals surface area contributed by atoms with Gasteiger partial charge in [-0.2, -0.15) is 0 Å². The van der Waals surface area contributed by atoms with E-state index >= 15 is 0 Å². The summed E-state index contributed by atoms with van der Waals surface area (Å²) in [5.74, 6) is 2.80. The van der Waals surface area contributed by atoms with Gasteiger partial charge in [-0.1, -0.05) is 37.3 Å². The van der Waals surface area contributed by atoms with Crippen molar-refractivity contribution in [1.82, 2.24) is 10.2 Å². The number of benzene rings is 1. The Morgan fingerprint density at radius 2 is 1.95 bits per heavy atom. The van der Waals surface area contributed by atoms with Gasteiger partial charge >= 0.3 is 0 Å². The van der Waals surface area contributed by atoms with E-state index in [-0.39, 0.29) is 0 Å². The molecule has 1 N–H and O–H groups in total. The van der Waals surface area contributed by atoms with Crippen LogP contribution in [0.4, 0.5) is 0 Å². The predicted molar refractivity (Wildman–Crippen MR) is 87.2 cm³/mol. The minimum Gasteiger partial charge on any atom is -0.308 e. The highest BCUT2D eigenvalue weighted by Crippen LogP contribution is 2.45. The molecule has 2 saturated carbocycles. The minimum atomic E-state index is 0.351. The summed E-state index contributed by atoms with van der Waals surface area (Å²) in [5, 5.41) is 3.90. The van der Waals surface area contributed by atoms with Crippen molar-refractivity contribution < 1.29 is 0 Å². The molecular formula is C19H28N2. The third-order valence-electron chi connectivity index (χ3n) is 6.08. The number of nitrogens with zero attached hydrogens (tertiary/aromatic N) is 1. The third kappa shape index (κ3) is 2.76. The second-order valence-corrected chi connectivity index (χ2v) is 7.90. The molecule has 3 aliphatic rings. The molecule has 2 nitrogen and oxygen atoms in total. The summed E-state index contributed by atoms with van der Waals surface area (Å²) in [7, 11) is 0. The van der Waals surface area contributed by atoms with Crippen LogP contribution in [0.5, 0.6) is 0 Å². The standard InChI is InChI=1S/C19H28N2/c1-14-10-16(14)12-21-13-19(2,17-8-9-17)20-11-18(21)15-6-4-3-5-7-15/h3-7,14,16-18,20H,8-13H2,1-2H3. The van der Waals surface area contributed by atoms with E-state index in [2.05, 4.69) is 54.4 Å². The van der Waals surface area contributed by atoms with E-state index < -0.39 is 0 Å². The first kappa shape index (κ1) is 13.8. The summed E-state index contributed by atoms with van der Waals surface area (Å²) in [4.78, 5) is 2.79. The van der Waals surface area contributed by atoms with Crippen LogP contribution in [0.2, 0.25) is 0 Å². The topological polar surface area (TPSA) is 15.3 Å². The molecule has 21 heavy (non-hydrogen) atoms. The van der Waals surface area contributed by atoms with Gasteiger partial charge < -0.3 is 5.32 Å². The molecule has 4 rings (SSSR count). The van der Waals surface area contributed by atoms with Crippen LogP contribution >= 0.6 is 0 Å². The van der Waals surface area contributed by atoms with Gasteiger partial charge in [-0.3, -0.25) is 4.90 Å². The van der Waals surface area contributed by atoms with Gasteiger partial charge in [-0.15, -0.1) is 0 Å². The van der Waals surface area contributed by atoms with E-state index in [4.69, 9.17) is 0 Å². The Morgan fingerprint density at radius 3 is 2.57 bits per heavy atom. The second kappa shape index (κ2) is 5.10. The monoisotopic (exact) mass is 284 g/mol. The molecule has 1 aromatic carbocycles. The highest BCUT2D eigenvalue weighted by Gasteiger charge is 2.47. The molecule has 0 aromatic heterocycles. The van der Waals surface area contributed by atoms with Gasteiger partial charge in [-0.05, 0) is 49.5 Å². The first-order valence-corrected chi connectivity index (χ1v) is 8.70. The van der Waals surface area contributed by atoms with Crippen molar-refractivity contribution in [2.45, 2.75) is 44.7 Å².